The quantitative estimate of drug-likeness (QED) is 0.830. The predicted molar refractivity (Wildman–Crippen MR) is 101 cm³/mol. The van der Waals surface area contributed by atoms with Gasteiger partial charge in [0.25, 0.3) is 0 Å². The molecule has 2 aromatic carbocycles. The van der Waals surface area contributed by atoms with Crippen molar-refractivity contribution in [3.63, 3.8) is 0 Å². The van der Waals surface area contributed by atoms with Crippen LogP contribution in [0.2, 0.25) is 0 Å². The van der Waals surface area contributed by atoms with Gasteiger partial charge in [-0.05, 0) is 49.6 Å². The third-order valence-electron chi connectivity index (χ3n) is 4.02. The SMILES string of the molecule is Cc1cc(NCC(=O)NC(C)c2ccccc2)c(C)c(S(C)(=O)=O)c1. The van der Waals surface area contributed by atoms with Crippen molar-refractivity contribution < 1.29 is 13.2 Å². The van der Waals surface area contributed by atoms with Crippen LogP contribution in [0.3, 0.4) is 0 Å². The molecule has 5 nitrogen and oxygen atoms in total. The lowest BCUT2D eigenvalue weighted by Gasteiger charge is -2.17. The van der Waals surface area contributed by atoms with Crippen molar-refractivity contribution >= 4 is 21.4 Å². The van der Waals surface area contributed by atoms with Crippen LogP contribution < -0.4 is 10.6 Å². The molecule has 0 heterocycles. The first kappa shape index (κ1) is 19.0. The highest BCUT2D eigenvalue weighted by atomic mass is 32.2. The molecule has 2 N–H and O–H groups in total. The maximum Gasteiger partial charge on any atom is 0.239 e. The highest BCUT2D eigenvalue weighted by Gasteiger charge is 2.15. The van der Waals surface area contributed by atoms with Gasteiger partial charge < -0.3 is 10.6 Å². The van der Waals surface area contributed by atoms with Gasteiger partial charge in [0, 0.05) is 11.9 Å². The average Bonchev–Trinajstić information content (AvgIpc) is 2.55. The molecule has 1 unspecified atom stereocenters. The van der Waals surface area contributed by atoms with E-state index in [2.05, 4.69) is 10.6 Å². The Morgan fingerprint density at radius 1 is 1.12 bits per heavy atom. The highest BCUT2D eigenvalue weighted by Crippen LogP contribution is 2.25. The van der Waals surface area contributed by atoms with Gasteiger partial charge in [-0.2, -0.15) is 0 Å². The van der Waals surface area contributed by atoms with E-state index in [-0.39, 0.29) is 23.4 Å². The average molecular weight is 360 g/mol. The molecule has 0 saturated carbocycles. The number of nitrogens with one attached hydrogen (secondary N) is 2. The zero-order valence-electron chi connectivity index (χ0n) is 15.0. The van der Waals surface area contributed by atoms with Crippen LogP contribution in [-0.4, -0.2) is 27.1 Å². The number of amides is 1. The molecule has 0 saturated heterocycles. The van der Waals surface area contributed by atoms with Crippen LogP contribution in [0, 0.1) is 13.8 Å². The maximum absolute atomic E-state index is 12.2. The van der Waals surface area contributed by atoms with Gasteiger partial charge in [-0.3, -0.25) is 4.79 Å². The summed E-state index contributed by atoms with van der Waals surface area (Å²) in [5.74, 6) is -0.154. The zero-order valence-corrected chi connectivity index (χ0v) is 15.8. The normalized spacial score (nSPS) is 12.5. The van der Waals surface area contributed by atoms with Crippen LogP contribution in [0.1, 0.15) is 29.7 Å². The van der Waals surface area contributed by atoms with Crippen molar-refractivity contribution in [2.75, 3.05) is 18.1 Å². The van der Waals surface area contributed by atoms with Crippen LogP contribution in [0.5, 0.6) is 0 Å². The van der Waals surface area contributed by atoms with Crippen LogP contribution in [-0.2, 0) is 14.6 Å². The number of benzene rings is 2. The first-order valence-corrected chi connectivity index (χ1v) is 9.97. The number of sulfone groups is 1. The molecule has 2 rings (SSSR count). The Labute approximate surface area is 149 Å². The Kier molecular flexibility index (Phi) is 5.85. The fraction of sp³-hybridized carbons (Fsp3) is 0.316. The number of anilines is 1. The summed E-state index contributed by atoms with van der Waals surface area (Å²) >= 11 is 0. The molecule has 0 aromatic heterocycles. The monoisotopic (exact) mass is 360 g/mol. The minimum Gasteiger partial charge on any atom is -0.376 e. The molecule has 25 heavy (non-hydrogen) atoms. The molecule has 1 amide bonds. The van der Waals surface area contributed by atoms with E-state index in [9.17, 15) is 13.2 Å². The maximum atomic E-state index is 12.2. The summed E-state index contributed by atoms with van der Waals surface area (Å²) in [6.45, 7) is 5.57. The summed E-state index contributed by atoms with van der Waals surface area (Å²) in [5.41, 5.74) is 3.13. The molecule has 0 aliphatic heterocycles. The van der Waals surface area contributed by atoms with Crippen LogP contribution in [0.25, 0.3) is 0 Å². The molecule has 0 bridgehead atoms. The number of rotatable bonds is 6. The molecule has 0 spiro atoms. The Morgan fingerprint density at radius 3 is 2.36 bits per heavy atom. The van der Waals surface area contributed by atoms with E-state index in [1.807, 2.05) is 50.2 Å². The lowest BCUT2D eigenvalue weighted by molar-refractivity contribution is -0.120. The molecule has 0 aliphatic rings. The Bertz CT molecular complexity index is 862. The molecule has 0 radical (unpaired) electrons. The minimum absolute atomic E-state index is 0.0741. The third-order valence-corrected chi connectivity index (χ3v) is 5.24. The molecular formula is C19H24N2O3S. The van der Waals surface area contributed by atoms with Crippen molar-refractivity contribution in [2.24, 2.45) is 0 Å². The third kappa shape index (κ3) is 5.06. The van der Waals surface area contributed by atoms with Gasteiger partial charge in [0.1, 0.15) is 0 Å². The number of hydrogen-bond donors (Lipinski definition) is 2. The van der Waals surface area contributed by atoms with E-state index in [0.29, 0.717) is 11.3 Å². The van der Waals surface area contributed by atoms with Gasteiger partial charge in [-0.1, -0.05) is 30.3 Å². The predicted octanol–water partition coefficient (Wildman–Crippen LogP) is 3.00. The Hall–Kier alpha value is -2.34. The lowest BCUT2D eigenvalue weighted by Crippen LogP contribution is -2.32. The van der Waals surface area contributed by atoms with Gasteiger partial charge in [0.15, 0.2) is 9.84 Å². The first-order chi connectivity index (χ1) is 11.7. The highest BCUT2D eigenvalue weighted by molar-refractivity contribution is 7.90. The lowest BCUT2D eigenvalue weighted by atomic mass is 10.1. The van der Waals surface area contributed by atoms with E-state index in [1.165, 1.54) is 6.26 Å². The van der Waals surface area contributed by atoms with E-state index < -0.39 is 9.84 Å². The number of carbonyl (C=O) groups excluding carboxylic acids is 1. The summed E-state index contributed by atoms with van der Waals surface area (Å²) in [4.78, 5) is 12.5. The van der Waals surface area contributed by atoms with Crippen LogP contribution in [0.4, 0.5) is 5.69 Å². The molecule has 0 aliphatic carbocycles. The standard InChI is InChI=1S/C19H24N2O3S/c1-13-10-17(14(2)18(11-13)25(4,23)24)20-12-19(22)21-15(3)16-8-6-5-7-9-16/h5-11,15,20H,12H2,1-4H3,(H,21,22). The second-order valence-electron chi connectivity index (χ2n) is 6.26. The largest absolute Gasteiger partial charge is 0.376 e. The van der Waals surface area contributed by atoms with Crippen LogP contribution in [0.15, 0.2) is 47.4 Å². The van der Waals surface area contributed by atoms with E-state index in [1.54, 1.807) is 13.0 Å². The van der Waals surface area contributed by atoms with Gasteiger partial charge in [0.2, 0.25) is 5.91 Å². The topological polar surface area (TPSA) is 75.3 Å². The van der Waals surface area contributed by atoms with Crippen molar-refractivity contribution in [1.29, 1.82) is 0 Å². The molecule has 1 atom stereocenters. The van der Waals surface area contributed by atoms with Crippen molar-refractivity contribution in [3.8, 4) is 0 Å². The second-order valence-corrected chi connectivity index (χ2v) is 8.25. The van der Waals surface area contributed by atoms with E-state index in [0.717, 1.165) is 11.1 Å². The summed E-state index contributed by atoms with van der Waals surface area (Å²) in [6, 6.07) is 13.1. The van der Waals surface area contributed by atoms with Gasteiger partial charge in [0.05, 0.1) is 17.5 Å². The van der Waals surface area contributed by atoms with Gasteiger partial charge >= 0.3 is 0 Å². The number of aryl methyl sites for hydroxylation is 1. The van der Waals surface area contributed by atoms with E-state index in [4.69, 9.17) is 0 Å². The molecule has 2 aromatic rings. The Balaban J connectivity index is 2.06. The number of carbonyl (C=O) groups is 1. The molecule has 6 heteroatoms. The summed E-state index contributed by atoms with van der Waals surface area (Å²) in [6.07, 6.45) is 1.19. The zero-order chi connectivity index (χ0) is 18.6. The van der Waals surface area contributed by atoms with Gasteiger partial charge in [-0.25, -0.2) is 8.42 Å². The van der Waals surface area contributed by atoms with E-state index >= 15 is 0 Å². The molecule has 134 valence electrons. The number of hydrogen-bond acceptors (Lipinski definition) is 4. The smallest absolute Gasteiger partial charge is 0.239 e. The molecular weight excluding hydrogens is 336 g/mol. The second kappa shape index (κ2) is 7.70. The van der Waals surface area contributed by atoms with Crippen molar-refractivity contribution in [2.45, 2.75) is 31.7 Å². The molecule has 0 fully saturated rings. The van der Waals surface area contributed by atoms with Crippen LogP contribution >= 0.6 is 0 Å². The summed E-state index contributed by atoms with van der Waals surface area (Å²) in [5, 5.41) is 5.97. The summed E-state index contributed by atoms with van der Waals surface area (Å²) in [7, 11) is -3.31. The first-order valence-electron chi connectivity index (χ1n) is 8.08. The van der Waals surface area contributed by atoms with Crippen molar-refractivity contribution in [3.05, 3.63) is 59.2 Å². The fourth-order valence-electron chi connectivity index (χ4n) is 2.69. The summed E-state index contributed by atoms with van der Waals surface area (Å²) < 4.78 is 23.8. The minimum atomic E-state index is -3.31. The fourth-order valence-corrected chi connectivity index (χ4v) is 3.75. The van der Waals surface area contributed by atoms with Gasteiger partial charge in [-0.15, -0.1) is 0 Å². The van der Waals surface area contributed by atoms with Crippen molar-refractivity contribution in [1.82, 2.24) is 5.32 Å². The Morgan fingerprint density at radius 2 is 1.76 bits per heavy atom.